The van der Waals surface area contributed by atoms with Crippen LogP contribution in [0.2, 0.25) is 0 Å². The van der Waals surface area contributed by atoms with Crippen LogP contribution in [0.1, 0.15) is 23.0 Å². The van der Waals surface area contributed by atoms with Crippen molar-refractivity contribution in [2.24, 2.45) is 0 Å². The third-order valence-electron chi connectivity index (χ3n) is 4.46. The van der Waals surface area contributed by atoms with Crippen LogP contribution in [-0.4, -0.2) is 38.0 Å². The van der Waals surface area contributed by atoms with Crippen LogP contribution in [0.4, 0.5) is 0 Å². The zero-order valence-corrected chi connectivity index (χ0v) is 16.6. The standard InChI is InChI=1S/C20H18N2O6S/c1-3-26-20(23)18-17(13-6-9-15-16(10-13)28-11-27-15)19(22-21-18)29(24,25)14-7-4-12(2)5-8-14/h4-10H,3,11H2,1-2H3,(H,21,22). The molecule has 29 heavy (non-hydrogen) atoms. The number of nitrogens with one attached hydrogen (secondary N) is 1. The van der Waals surface area contributed by atoms with Gasteiger partial charge in [-0.3, -0.25) is 5.10 Å². The van der Waals surface area contributed by atoms with E-state index in [1.165, 1.54) is 12.1 Å². The number of nitrogens with zero attached hydrogens (tertiary/aromatic N) is 1. The van der Waals surface area contributed by atoms with Crippen molar-refractivity contribution in [3.8, 4) is 22.6 Å². The monoisotopic (exact) mass is 414 g/mol. The number of aromatic amines is 1. The van der Waals surface area contributed by atoms with Gasteiger partial charge in [0.15, 0.2) is 22.2 Å². The molecule has 1 aliphatic rings. The Morgan fingerprint density at radius 3 is 2.59 bits per heavy atom. The topological polar surface area (TPSA) is 108 Å². The number of sulfone groups is 1. The van der Waals surface area contributed by atoms with Gasteiger partial charge in [0, 0.05) is 0 Å². The number of hydrogen-bond acceptors (Lipinski definition) is 7. The van der Waals surface area contributed by atoms with E-state index in [0.29, 0.717) is 17.1 Å². The fraction of sp³-hybridized carbons (Fsp3) is 0.200. The quantitative estimate of drug-likeness (QED) is 0.639. The predicted molar refractivity (Wildman–Crippen MR) is 103 cm³/mol. The van der Waals surface area contributed by atoms with E-state index in [-0.39, 0.29) is 34.6 Å². The van der Waals surface area contributed by atoms with Gasteiger partial charge >= 0.3 is 5.97 Å². The van der Waals surface area contributed by atoms with Gasteiger partial charge in [0.05, 0.1) is 17.1 Å². The van der Waals surface area contributed by atoms with E-state index in [0.717, 1.165) is 5.56 Å². The number of aryl methyl sites for hydroxylation is 1. The number of esters is 1. The molecule has 0 amide bonds. The number of ether oxygens (including phenoxy) is 3. The molecule has 0 radical (unpaired) electrons. The summed E-state index contributed by atoms with van der Waals surface area (Å²) in [4.78, 5) is 12.5. The van der Waals surface area contributed by atoms with Crippen LogP contribution < -0.4 is 9.47 Å². The molecule has 0 atom stereocenters. The molecule has 9 heteroatoms. The number of benzene rings is 2. The second-order valence-electron chi connectivity index (χ2n) is 6.38. The van der Waals surface area contributed by atoms with E-state index in [1.807, 2.05) is 6.92 Å². The van der Waals surface area contributed by atoms with Gasteiger partial charge in [0.2, 0.25) is 16.6 Å². The number of H-pyrrole nitrogens is 1. The largest absolute Gasteiger partial charge is 0.461 e. The number of fused-ring (bicyclic) bond motifs is 1. The fourth-order valence-electron chi connectivity index (χ4n) is 3.02. The third-order valence-corrected chi connectivity index (χ3v) is 6.19. The Labute approximate surface area is 167 Å². The lowest BCUT2D eigenvalue weighted by atomic mass is 10.1. The number of carbonyl (C=O) groups excluding carboxylic acids is 1. The molecule has 0 spiro atoms. The van der Waals surface area contributed by atoms with Crippen molar-refractivity contribution in [1.82, 2.24) is 10.2 Å². The highest BCUT2D eigenvalue weighted by molar-refractivity contribution is 7.91. The zero-order chi connectivity index (χ0) is 20.6. The maximum Gasteiger partial charge on any atom is 0.359 e. The van der Waals surface area contributed by atoms with Gasteiger partial charge in [0.1, 0.15) is 0 Å². The van der Waals surface area contributed by atoms with Gasteiger partial charge in [-0.05, 0) is 43.7 Å². The summed E-state index contributed by atoms with van der Waals surface area (Å²) in [6, 6.07) is 11.4. The maximum atomic E-state index is 13.3. The summed E-state index contributed by atoms with van der Waals surface area (Å²) in [5, 5.41) is 6.29. The Bertz CT molecular complexity index is 1180. The average molecular weight is 414 g/mol. The van der Waals surface area contributed by atoms with Gasteiger partial charge in [-0.2, -0.15) is 5.10 Å². The van der Waals surface area contributed by atoms with Crippen LogP contribution in [0.3, 0.4) is 0 Å². The summed E-state index contributed by atoms with van der Waals surface area (Å²) >= 11 is 0. The van der Waals surface area contributed by atoms with Crippen molar-refractivity contribution < 1.29 is 27.4 Å². The lowest BCUT2D eigenvalue weighted by molar-refractivity contribution is 0.0520. The molecular weight excluding hydrogens is 396 g/mol. The van der Waals surface area contributed by atoms with E-state index in [2.05, 4.69) is 10.2 Å². The minimum atomic E-state index is -3.97. The predicted octanol–water partition coefficient (Wildman–Crippen LogP) is 3.12. The molecule has 0 saturated heterocycles. The van der Waals surface area contributed by atoms with Gasteiger partial charge in [-0.25, -0.2) is 13.2 Å². The SMILES string of the molecule is CCOC(=O)c1n[nH]c(S(=O)(=O)c2ccc(C)cc2)c1-c1ccc2c(c1)OCO2. The third kappa shape index (κ3) is 3.33. The molecule has 0 unspecified atom stereocenters. The molecule has 0 aliphatic carbocycles. The first kappa shape index (κ1) is 19.0. The van der Waals surface area contributed by atoms with Gasteiger partial charge in [-0.1, -0.05) is 23.8 Å². The summed E-state index contributed by atoms with van der Waals surface area (Å²) in [5.74, 6) is 0.275. The molecule has 1 N–H and O–H groups in total. The number of rotatable bonds is 5. The Morgan fingerprint density at radius 1 is 1.14 bits per heavy atom. The summed E-state index contributed by atoms with van der Waals surface area (Å²) in [6.07, 6.45) is 0. The molecule has 2 heterocycles. The summed E-state index contributed by atoms with van der Waals surface area (Å²) < 4.78 is 42.3. The van der Waals surface area contributed by atoms with Crippen LogP contribution >= 0.6 is 0 Å². The summed E-state index contributed by atoms with van der Waals surface area (Å²) in [7, 11) is -3.97. The van der Waals surface area contributed by atoms with Gasteiger partial charge in [0.25, 0.3) is 0 Å². The van der Waals surface area contributed by atoms with Crippen molar-refractivity contribution >= 4 is 15.8 Å². The molecule has 2 aromatic carbocycles. The van der Waals surface area contributed by atoms with E-state index in [9.17, 15) is 13.2 Å². The Hall–Kier alpha value is -3.33. The van der Waals surface area contributed by atoms with Crippen molar-refractivity contribution in [2.45, 2.75) is 23.8 Å². The Balaban J connectivity index is 1.91. The van der Waals surface area contributed by atoms with Crippen molar-refractivity contribution in [2.75, 3.05) is 13.4 Å². The average Bonchev–Trinajstić information content (AvgIpc) is 3.35. The van der Waals surface area contributed by atoms with E-state index in [1.54, 1.807) is 37.3 Å². The first-order valence-electron chi connectivity index (χ1n) is 8.89. The minimum Gasteiger partial charge on any atom is -0.461 e. The summed E-state index contributed by atoms with van der Waals surface area (Å²) in [6.45, 7) is 3.73. The highest BCUT2D eigenvalue weighted by Gasteiger charge is 2.31. The Morgan fingerprint density at radius 2 is 1.86 bits per heavy atom. The lowest BCUT2D eigenvalue weighted by Gasteiger charge is -2.09. The smallest absolute Gasteiger partial charge is 0.359 e. The second kappa shape index (κ2) is 7.25. The van der Waals surface area contributed by atoms with Gasteiger partial charge in [-0.15, -0.1) is 0 Å². The minimum absolute atomic E-state index is 0.0728. The zero-order valence-electron chi connectivity index (χ0n) is 15.8. The molecule has 0 saturated carbocycles. The van der Waals surface area contributed by atoms with Crippen LogP contribution in [-0.2, 0) is 14.6 Å². The molecular formula is C20H18N2O6S. The van der Waals surface area contributed by atoms with Crippen LogP contribution in [0.25, 0.3) is 11.1 Å². The van der Waals surface area contributed by atoms with Gasteiger partial charge < -0.3 is 14.2 Å². The van der Waals surface area contributed by atoms with Crippen molar-refractivity contribution in [3.05, 3.63) is 53.7 Å². The van der Waals surface area contributed by atoms with Crippen molar-refractivity contribution in [1.29, 1.82) is 0 Å². The maximum absolute atomic E-state index is 13.3. The lowest BCUT2D eigenvalue weighted by Crippen LogP contribution is -2.08. The number of hydrogen-bond donors (Lipinski definition) is 1. The molecule has 8 nitrogen and oxygen atoms in total. The molecule has 3 aromatic rings. The van der Waals surface area contributed by atoms with Crippen LogP contribution in [0, 0.1) is 6.92 Å². The molecule has 4 rings (SSSR count). The molecule has 150 valence electrons. The Kier molecular flexibility index (Phi) is 4.75. The second-order valence-corrected chi connectivity index (χ2v) is 8.27. The number of carbonyl (C=O) groups is 1. The van der Waals surface area contributed by atoms with E-state index >= 15 is 0 Å². The van der Waals surface area contributed by atoms with E-state index in [4.69, 9.17) is 14.2 Å². The first-order valence-corrected chi connectivity index (χ1v) is 10.4. The first-order chi connectivity index (χ1) is 13.9. The highest BCUT2D eigenvalue weighted by Crippen LogP contribution is 2.39. The van der Waals surface area contributed by atoms with Crippen molar-refractivity contribution in [3.63, 3.8) is 0 Å². The molecule has 0 fully saturated rings. The normalized spacial score (nSPS) is 12.8. The summed E-state index contributed by atoms with van der Waals surface area (Å²) in [5.41, 5.74) is 1.38. The molecule has 1 aromatic heterocycles. The number of aromatic nitrogens is 2. The highest BCUT2D eigenvalue weighted by atomic mass is 32.2. The molecule has 0 bridgehead atoms. The molecule has 1 aliphatic heterocycles. The van der Waals surface area contributed by atoms with Crippen LogP contribution in [0.15, 0.2) is 52.4 Å². The van der Waals surface area contributed by atoms with Crippen LogP contribution in [0.5, 0.6) is 11.5 Å². The van der Waals surface area contributed by atoms with E-state index < -0.39 is 15.8 Å². The fourth-order valence-corrected chi connectivity index (χ4v) is 4.40.